The largest absolute Gasteiger partial charge is 0.485 e. The van der Waals surface area contributed by atoms with Gasteiger partial charge in [0.05, 0.1) is 5.56 Å². The number of halogens is 2. The van der Waals surface area contributed by atoms with Crippen LogP contribution in [0.5, 0.6) is 11.5 Å². The van der Waals surface area contributed by atoms with E-state index in [2.05, 4.69) is 0 Å². The second kappa shape index (κ2) is 9.74. The maximum absolute atomic E-state index is 14.9. The molecule has 0 saturated heterocycles. The number of hydrogen-bond acceptors (Lipinski definition) is 3. The molecule has 174 valence electrons. The first-order valence-electron chi connectivity index (χ1n) is 11.2. The van der Waals surface area contributed by atoms with Crippen molar-refractivity contribution < 1.29 is 23.0 Å². The highest BCUT2D eigenvalue weighted by atomic mass is 19.1. The minimum Gasteiger partial charge on any atom is -0.485 e. The lowest BCUT2D eigenvalue weighted by Gasteiger charge is -2.30. The number of benzene rings is 3. The molecule has 3 rings (SSSR count). The summed E-state index contributed by atoms with van der Waals surface area (Å²) in [5.74, 6) is -1.70. The molecule has 0 heterocycles. The molecule has 3 aromatic rings. The van der Waals surface area contributed by atoms with Crippen LogP contribution in [0.15, 0.2) is 66.7 Å². The first-order valence-corrected chi connectivity index (χ1v) is 11.2. The van der Waals surface area contributed by atoms with E-state index in [0.29, 0.717) is 16.7 Å². The highest BCUT2D eigenvalue weighted by molar-refractivity contribution is 5.91. The molecule has 0 N–H and O–H groups in total. The van der Waals surface area contributed by atoms with Crippen molar-refractivity contribution in [2.45, 2.75) is 58.5 Å². The fourth-order valence-electron chi connectivity index (χ4n) is 3.50. The molecule has 0 saturated carbocycles. The third-order valence-corrected chi connectivity index (χ3v) is 6.37. The van der Waals surface area contributed by atoms with Crippen LogP contribution in [0.4, 0.5) is 8.78 Å². The molecule has 0 aliphatic carbocycles. The molecule has 0 unspecified atom stereocenters. The van der Waals surface area contributed by atoms with Crippen LogP contribution in [0.2, 0.25) is 0 Å². The zero-order valence-electron chi connectivity index (χ0n) is 19.7. The molecule has 33 heavy (non-hydrogen) atoms. The van der Waals surface area contributed by atoms with Gasteiger partial charge in [0.1, 0.15) is 5.60 Å². The summed E-state index contributed by atoms with van der Waals surface area (Å²) >= 11 is 0. The number of carbonyl (C=O) groups excluding carboxylic acids is 1. The monoisotopic (exact) mass is 452 g/mol. The van der Waals surface area contributed by atoms with Crippen molar-refractivity contribution in [3.05, 3.63) is 95.1 Å². The third-order valence-electron chi connectivity index (χ3n) is 6.37. The van der Waals surface area contributed by atoms with Crippen LogP contribution in [-0.2, 0) is 5.41 Å². The van der Waals surface area contributed by atoms with Gasteiger partial charge in [0.25, 0.3) is 0 Å². The van der Waals surface area contributed by atoms with E-state index in [1.807, 2.05) is 34.6 Å². The van der Waals surface area contributed by atoms with Crippen molar-refractivity contribution >= 4 is 5.97 Å². The summed E-state index contributed by atoms with van der Waals surface area (Å²) in [7, 11) is 0. The number of rotatable bonds is 8. The van der Waals surface area contributed by atoms with Crippen LogP contribution in [0, 0.1) is 11.6 Å². The van der Waals surface area contributed by atoms with Gasteiger partial charge in [-0.1, -0.05) is 58.0 Å². The Morgan fingerprint density at radius 3 is 1.79 bits per heavy atom. The van der Waals surface area contributed by atoms with E-state index in [1.54, 1.807) is 48.5 Å². The number of hydrogen-bond donors (Lipinski definition) is 0. The zero-order valence-corrected chi connectivity index (χ0v) is 19.7. The summed E-state index contributed by atoms with van der Waals surface area (Å²) in [6.45, 7) is 9.74. The summed E-state index contributed by atoms with van der Waals surface area (Å²) < 4.78 is 40.8. The molecule has 0 atom stereocenters. The predicted molar refractivity (Wildman–Crippen MR) is 126 cm³/mol. The summed E-state index contributed by atoms with van der Waals surface area (Å²) in [6, 6.07) is 17.7. The van der Waals surface area contributed by atoms with E-state index < -0.39 is 28.6 Å². The van der Waals surface area contributed by atoms with Crippen LogP contribution >= 0.6 is 0 Å². The van der Waals surface area contributed by atoms with E-state index in [0.717, 1.165) is 12.8 Å². The molecule has 3 nitrogen and oxygen atoms in total. The van der Waals surface area contributed by atoms with Crippen molar-refractivity contribution in [1.29, 1.82) is 0 Å². The predicted octanol–water partition coefficient (Wildman–Crippen LogP) is 7.47. The van der Waals surface area contributed by atoms with Crippen LogP contribution in [0.1, 0.15) is 68.9 Å². The van der Waals surface area contributed by atoms with Gasteiger partial charge in [0, 0.05) is 5.41 Å². The molecule has 0 fully saturated rings. The molecule has 3 aromatic carbocycles. The highest BCUT2D eigenvalue weighted by Crippen LogP contribution is 2.36. The van der Waals surface area contributed by atoms with E-state index in [9.17, 15) is 13.6 Å². The SMILES string of the molecule is CCC(C)(CC)Oc1ccc(C(C)(C)c2ccc(OC(=O)c3ccccc3)c(F)c2)cc1F. The zero-order chi connectivity index (χ0) is 24.2. The summed E-state index contributed by atoms with van der Waals surface area (Å²) in [6.07, 6.45) is 1.52. The highest BCUT2D eigenvalue weighted by Gasteiger charge is 2.28. The topological polar surface area (TPSA) is 35.5 Å². The molecular formula is C28H30F2O3. The van der Waals surface area contributed by atoms with Crippen molar-refractivity contribution in [2.75, 3.05) is 0 Å². The summed E-state index contributed by atoms with van der Waals surface area (Å²) in [5, 5.41) is 0. The standard InChI is InChI=1S/C28H30F2O3/c1-6-28(5,7-2)33-25-16-14-21(18-23(25)30)27(3,4)20-13-15-24(22(29)17-20)32-26(31)19-11-9-8-10-12-19/h8-18H,6-7H2,1-5H3. The van der Waals surface area contributed by atoms with Crippen LogP contribution in [0.3, 0.4) is 0 Å². The Morgan fingerprint density at radius 2 is 1.30 bits per heavy atom. The fraction of sp³-hybridized carbons (Fsp3) is 0.321. The maximum Gasteiger partial charge on any atom is 0.343 e. The van der Waals surface area contributed by atoms with Gasteiger partial charge in [-0.3, -0.25) is 0 Å². The average Bonchev–Trinajstić information content (AvgIpc) is 2.81. The van der Waals surface area contributed by atoms with Gasteiger partial charge in [-0.15, -0.1) is 0 Å². The molecule has 0 aliphatic rings. The first kappa shape index (κ1) is 24.4. The Balaban J connectivity index is 1.83. The minimum atomic E-state index is -0.693. The summed E-state index contributed by atoms with van der Waals surface area (Å²) in [4.78, 5) is 12.2. The van der Waals surface area contributed by atoms with Gasteiger partial charge < -0.3 is 9.47 Å². The molecular weight excluding hydrogens is 422 g/mol. The van der Waals surface area contributed by atoms with E-state index in [-0.39, 0.29) is 11.5 Å². The Kier molecular flexibility index (Phi) is 7.21. The normalized spacial score (nSPS) is 11.8. The Hall–Kier alpha value is -3.21. The maximum atomic E-state index is 14.9. The molecule has 0 bridgehead atoms. The molecule has 0 aliphatic heterocycles. The van der Waals surface area contributed by atoms with Gasteiger partial charge in [-0.2, -0.15) is 0 Å². The first-order chi connectivity index (χ1) is 15.6. The molecule has 0 aromatic heterocycles. The molecule has 0 amide bonds. The Morgan fingerprint density at radius 1 is 0.788 bits per heavy atom. The second-order valence-electron chi connectivity index (χ2n) is 8.93. The Bertz CT molecular complexity index is 1120. The average molecular weight is 453 g/mol. The number of carbonyl (C=O) groups is 1. The minimum absolute atomic E-state index is 0.156. The van der Waals surface area contributed by atoms with Crippen LogP contribution in [-0.4, -0.2) is 11.6 Å². The van der Waals surface area contributed by atoms with Gasteiger partial charge in [-0.05, 0) is 67.3 Å². The van der Waals surface area contributed by atoms with Gasteiger partial charge in [0.2, 0.25) is 0 Å². The van der Waals surface area contributed by atoms with Crippen molar-refractivity contribution in [3.63, 3.8) is 0 Å². The van der Waals surface area contributed by atoms with E-state index in [4.69, 9.17) is 9.47 Å². The fourth-order valence-corrected chi connectivity index (χ4v) is 3.50. The van der Waals surface area contributed by atoms with Crippen LogP contribution in [0.25, 0.3) is 0 Å². The molecule has 0 radical (unpaired) electrons. The summed E-state index contributed by atoms with van der Waals surface area (Å²) in [5.41, 5.74) is 0.506. The van der Waals surface area contributed by atoms with Crippen molar-refractivity contribution in [1.82, 2.24) is 0 Å². The quantitative estimate of drug-likeness (QED) is 0.263. The van der Waals surface area contributed by atoms with Gasteiger partial charge in [-0.25, -0.2) is 13.6 Å². The lowest BCUT2D eigenvalue weighted by Crippen LogP contribution is -2.30. The van der Waals surface area contributed by atoms with Crippen molar-refractivity contribution in [3.8, 4) is 11.5 Å². The lowest BCUT2D eigenvalue weighted by atomic mass is 9.78. The number of esters is 1. The number of ether oxygens (including phenoxy) is 2. The second-order valence-corrected chi connectivity index (χ2v) is 8.93. The lowest BCUT2D eigenvalue weighted by molar-refractivity contribution is 0.0727. The Labute approximate surface area is 194 Å². The van der Waals surface area contributed by atoms with Gasteiger partial charge >= 0.3 is 5.97 Å². The third kappa shape index (κ3) is 5.41. The van der Waals surface area contributed by atoms with Crippen molar-refractivity contribution in [2.24, 2.45) is 0 Å². The smallest absolute Gasteiger partial charge is 0.343 e. The van der Waals surface area contributed by atoms with E-state index >= 15 is 0 Å². The molecule has 5 heteroatoms. The van der Waals surface area contributed by atoms with E-state index in [1.165, 1.54) is 18.2 Å². The van der Waals surface area contributed by atoms with Crippen LogP contribution < -0.4 is 9.47 Å². The van der Waals surface area contributed by atoms with Gasteiger partial charge in [0.15, 0.2) is 23.1 Å². The molecule has 0 spiro atoms.